The first kappa shape index (κ1) is 15.8. The lowest BCUT2D eigenvalue weighted by atomic mass is 9.87. The number of aromatic nitrogens is 1. The zero-order chi connectivity index (χ0) is 16.4. The summed E-state index contributed by atoms with van der Waals surface area (Å²) in [6, 6.07) is 14.9. The predicted octanol–water partition coefficient (Wildman–Crippen LogP) is 2.86. The van der Waals surface area contributed by atoms with Crippen LogP contribution in [0.4, 0.5) is 0 Å². The van der Waals surface area contributed by atoms with Gasteiger partial charge in [0.25, 0.3) is 0 Å². The number of hydrogen-bond donors (Lipinski definition) is 0. The summed E-state index contributed by atoms with van der Waals surface area (Å²) in [6.07, 6.45) is 4.87. The molecule has 2 aliphatic heterocycles. The van der Waals surface area contributed by atoms with E-state index in [1.807, 2.05) is 19.5 Å². The van der Waals surface area contributed by atoms with Gasteiger partial charge in [0.1, 0.15) is 5.60 Å². The molecule has 0 unspecified atom stereocenters. The molecule has 0 N–H and O–H groups in total. The van der Waals surface area contributed by atoms with Crippen LogP contribution in [0.3, 0.4) is 0 Å². The first-order chi connectivity index (χ1) is 11.8. The molecule has 4 heteroatoms. The fraction of sp³-hybridized carbons (Fsp3) is 0.450. The minimum absolute atomic E-state index is 0.132. The highest BCUT2D eigenvalue weighted by Crippen LogP contribution is 2.43. The molecule has 126 valence electrons. The number of ether oxygens (including phenoxy) is 2. The van der Waals surface area contributed by atoms with Crippen LogP contribution >= 0.6 is 0 Å². The third-order valence-electron chi connectivity index (χ3n) is 5.38. The second-order valence-corrected chi connectivity index (χ2v) is 6.94. The molecule has 1 aromatic heterocycles. The molecule has 1 aromatic carbocycles. The Morgan fingerprint density at radius 1 is 1.21 bits per heavy atom. The van der Waals surface area contributed by atoms with Crippen LogP contribution in [0.5, 0.6) is 0 Å². The Morgan fingerprint density at radius 2 is 2.00 bits per heavy atom. The summed E-state index contributed by atoms with van der Waals surface area (Å²) in [7, 11) is 1.81. The number of rotatable bonds is 4. The summed E-state index contributed by atoms with van der Waals surface area (Å²) in [5.74, 6) is 0.463. The maximum atomic E-state index is 6.36. The van der Waals surface area contributed by atoms with Gasteiger partial charge in [0, 0.05) is 45.1 Å². The van der Waals surface area contributed by atoms with E-state index in [1.165, 1.54) is 11.1 Å². The maximum absolute atomic E-state index is 6.36. The summed E-state index contributed by atoms with van der Waals surface area (Å²) in [4.78, 5) is 6.54. The van der Waals surface area contributed by atoms with Gasteiger partial charge in [-0.2, -0.15) is 0 Å². The van der Waals surface area contributed by atoms with Gasteiger partial charge in [0.15, 0.2) is 0 Å². The van der Waals surface area contributed by atoms with Crippen LogP contribution in [-0.4, -0.2) is 48.4 Å². The predicted molar refractivity (Wildman–Crippen MR) is 92.8 cm³/mol. The third kappa shape index (κ3) is 2.97. The van der Waals surface area contributed by atoms with Crippen molar-refractivity contribution in [2.75, 3.05) is 26.8 Å². The first-order valence-electron chi connectivity index (χ1n) is 8.62. The fourth-order valence-electron chi connectivity index (χ4n) is 4.18. The van der Waals surface area contributed by atoms with Crippen LogP contribution in [0.15, 0.2) is 54.9 Å². The molecule has 1 spiro atoms. The topological polar surface area (TPSA) is 34.6 Å². The molecule has 0 amide bonds. The minimum atomic E-state index is -0.178. The molecule has 0 bridgehead atoms. The van der Waals surface area contributed by atoms with Gasteiger partial charge in [-0.25, -0.2) is 0 Å². The summed E-state index contributed by atoms with van der Waals surface area (Å²) in [5, 5.41) is 0. The smallest absolute Gasteiger partial charge is 0.109 e. The van der Waals surface area contributed by atoms with Crippen LogP contribution in [0.2, 0.25) is 0 Å². The standard InChI is InChI=1S/C20H24N2O2/c1-23-19-13-22(12-16-7-9-21-10-8-16)15-20(19)11-18(14-24-20)17-5-3-2-4-6-17/h2-10,18-19H,11-15H2,1H3/t18-,19-,20-/m1/s1. The average molecular weight is 324 g/mol. The van der Waals surface area contributed by atoms with E-state index in [0.29, 0.717) is 5.92 Å². The molecule has 2 saturated heterocycles. The number of nitrogens with zero attached hydrogens (tertiary/aromatic N) is 2. The first-order valence-corrected chi connectivity index (χ1v) is 8.62. The molecule has 0 radical (unpaired) electrons. The van der Waals surface area contributed by atoms with Crippen molar-refractivity contribution < 1.29 is 9.47 Å². The van der Waals surface area contributed by atoms with E-state index in [0.717, 1.165) is 32.7 Å². The van der Waals surface area contributed by atoms with Crippen molar-refractivity contribution in [2.45, 2.75) is 30.6 Å². The highest BCUT2D eigenvalue weighted by molar-refractivity contribution is 5.23. The number of pyridine rings is 1. The van der Waals surface area contributed by atoms with Crippen LogP contribution in [0, 0.1) is 0 Å². The van der Waals surface area contributed by atoms with Gasteiger partial charge in [-0.1, -0.05) is 30.3 Å². The van der Waals surface area contributed by atoms with Gasteiger partial charge >= 0.3 is 0 Å². The van der Waals surface area contributed by atoms with Crippen LogP contribution in [0.25, 0.3) is 0 Å². The molecule has 3 heterocycles. The van der Waals surface area contributed by atoms with Crippen LogP contribution < -0.4 is 0 Å². The molecule has 0 saturated carbocycles. The lowest BCUT2D eigenvalue weighted by Crippen LogP contribution is -2.42. The summed E-state index contributed by atoms with van der Waals surface area (Å²) in [6.45, 7) is 3.55. The summed E-state index contributed by atoms with van der Waals surface area (Å²) < 4.78 is 12.2. The minimum Gasteiger partial charge on any atom is -0.377 e. The molecule has 2 fully saturated rings. The molecular weight excluding hydrogens is 300 g/mol. The van der Waals surface area contributed by atoms with Gasteiger partial charge in [0.2, 0.25) is 0 Å². The van der Waals surface area contributed by atoms with E-state index in [-0.39, 0.29) is 11.7 Å². The molecule has 3 atom stereocenters. The average Bonchev–Trinajstić information content (AvgIpc) is 3.21. The summed E-state index contributed by atoms with van der Waals surface area (Å²) >= 11 is 0. The second-order valence-electron chi connectivity index (χ2n) is 6.94. The molecule has 0 aliphatic carbocycles. The molecule has 4 nitrogen and oxygen atoms in total. The zero-order valence-corrected chi connectivity index (χ0v) is 14.1. The Bertz CT molecular complexity index is 664. The van der Waals surface area contributed by atoms with Gasteiger partial charge in [-0.05, 0) is 29.7 Å². The Morgan fingerprint density at radius 3 is 2.75 bits per heavy atom. The Kier molecular flexibility index (Phi) is 4.35. The van der Waals surface area contributed by atoms with Crippen LogP contribution in [0.1, 0.15) is 23.5 Å². The van der Waals surface area contributed by atoms with E-state index in [2.05, 4.69) is 52.3 Å². The monoisotopic (exact) mass is 324 g/mol. The largest absolute Gasteiger partial charge is 0.377 e. The highest BCUT2D eigenvalue weighted by Gasteiger charge is 2.52. The van der Waals surface area contributed by atoms with Crippen molar-refractivity contribution in [1.82, 2.24) is 9.88 Å². The van der Waals surface area contributed by atoms with Crippen LogP contribution in [-0.2, 0) is 16.0 Å². The van der Waals surface area contributed by atoms with E-state index >= 15 is 0 Å². The number of likely N-dealkylation sites (tertiary alicyclic amines) is 1. The normalized spacial score (nSPS) is 30.2. The lowest BCUT2D eigenvalue weighted by molar-refractivity contribution is -0.0757. The molecular formula is C20H24N2O2. The Hall–Kier alpha value is -1.75. The van der Waals surface area contributed by atoms with Crippen molar-refractivity contribution in [3.8, 4) is 0 Å². The number of benzene rings is 1. The molecule has 2 aliphatic rings. The Labute approximate surface area is 143 Å². The quantitative estimate of drug-likeness (QED) is 0.866. The highest BCUT2D eigenvalue weighted by atomic mass is 16.6. The van der Waals surface area contributed by atoms with Gasteiger partial charge in [-0.15, -0.1) is 0 Å². The van der Waals surface area contributed by atoms with Gasteiger partial charge < -0.3 is 9.47 Å². The molecule has 4 rings (SSSR count). The molecule has 24 heavy (non-hydrogen) atoms. The van der Waals surface area contributed by atoms with Crippen molar-refractivity contribution in [3.63, 3.8) is 0 Å². The lowest BCUT2D eigenvalue weighted by Gasteiger charge is -2.28. The zero-order valence-electron chi connectivity index (χ0n) is 14.1. The third-order valence-corrected chi connectivity index (χ3v) is 5.38. The second kappa shape index (κ2) is 6.63. The van der Waals surface area contributed by atoms with Crippen molar-refractivity contribution in [1.29, 1.82) is 0 Å². The van der Waals surface area contributed by atoms with E-state index in [1.54, 1.807) is 0 Å². The van der Waals surface area contributed by atoms with E-state index in [9.17, 15) is 0 Å². The number of hydrogen-bond acceptors (Lipinski definition) is 4. The van der Waals surface area contributed by atoms with Crippen molar-refractivity contribution >= 4 is 0 Å². The molecule has 2 aromatic rings. The van der Waals surface area contributed by atoms with E-state index < -0.39 is 0 Å². The van der Waals surface area contributed by atoms with Gasteiger partial charge in [-0.3, -0.25) is 9.88 Å². The Balaban J connectivity index is 1.48. The SMILES string of the molecule is CO[C@@H]1CN(Cc2ccncc2)C[C@]12C[C@@H](c1ccccc1)CO2. The summed E-state index contributed by atoms with van der Waals surface area (Å²) in [5.41, 5.74) is 2.48. The van der Waals surface area contributed by atoms with Crippen molar-refractivity contribution in [3.05, 3.63) is 66.0 Å². The van der Waals surface area contributed by atoms with E-state index in [4.69, 9.17) is 9.47 Å². The van der Waals surface area contributed by atoms with Gasteiger partial charge in [0.05, 0.1) is 12.7 Å². The fourth-order valence-corrected chi connectivity index (χ4v) is 4.18. The number of methoxy groups -OCH3 is 1. The van der Waals surface area contributed by atoms with Crippen molar-refractivity contribution in [2.24, 2.45) is 0 Å². The maximum Gasteiger partial charge on any atom is 0.109 e.